The maximum Gasteiger partial charge on any atom is 0.167 e. The fourth-order valence-electron chi connectivity index (χ4n) is 9.04. The van der Waals surface area contributed by atoms with Crippen molar-refractivity contribution in [2.45, 2.75) is 0 Å². The highest BCUT2D eigenvalue weighted by molar-refractivity contribution is 6.23. The van der Waals surface area contributed by atoms with Gasteiger partial charge in [-0.25, -0.2) is 15.0 Å². The van der Waals surface area contributed by atoms with Crippen molar-refractivity contribution in [3.8, 4) is 56.4 Å². The van der Waals surface area contributed by atoms with Gasteiger partial charge in [0, 0.05) is 21.9 Å². The Bertz CT molecular complexity index is 3550. The maximum atomic E-state index is 6.57. The minimum Gasteiger partial charge on any atom is -0.455 e. The predicted octanol–water partition coefficient (Wildman–Crippen LogP) is 14.7. The van der Waals surface area contributed by atoms with Crippen LogP contribution in [0.2, 0.25) is 0 Å². The lowest BCUT2D eigenvalue weighted by Gasteiger charge is -2.18. The lowest BCUT2D eigenvalue weighted by atomic mass is 9.86. The molecule has 2 heterocycles. The molecule has 12 rings (SSSR count). The Balaban J connectivity index is 1.13. The van der Waals surface area contributed by atoms with Crippen LogP contribution in [-0.4, -0.2) is 15.0 Å². The van der Waals surface area contributed by atoms with Crippen molar-refractivity contribution in [3.05, 3.63) is 200 Å². The van der Waals surface area contributed by atoms with Gasteiger partial charge in [-0.3, -0.25) is 0 Å². The average Bonchev–Trinajstić information content (AvgIpc) is 3.69. The first-order valence-electron chi connectivity index (χ1n) is 19.9. The van der Waals surface area contributed by atoms with Gasteiger partial charge in [0.25, 0.3) is 0 Å². The van der Waals surface area contributed by atoms with E-state index in [2.05, 4.69) is 182 Å². The van der Waals surface area contributed by atoms with Crippen LogP contribution >= 0.6 is 0 Å². The van der Waals surface area contributed by atoms with Gasteiger partial charge in [0.1, 0.15) is 11.2 Å². The van der Waals surface area contributed by atoms with Crippen LogP contribution in [0.15, 0.2) is 205 Å². The molecule has 0 atom stereocenters. The molecule has 4 nitrogen and oxygen atoms in total. The zero-order valence-electron chi connectivity index (χ0n) is 31.8. The van der Waals surface area contributed by atoms with Gasteiger partial charge < -0.3 is 4.42 Å². The van der Waals surface area contributed by atoms with E-state index in [4.69, 9.17) is 19.4 Å². The number of furan rings is 1. The maximum absolute atomic E-state index is 6.57. The van der Waals surface area contributed by atoms with Crippen molar-refractivity contribution in [2.75, 3.05) is 0 Å². The molecule has 0 aliphatic carbocycles. The molecule has 0 unspecified atom stereocenters. The molecule has 12 aromatic rings. The molecule has 2 aromatic heterocycles. The summed E-state index contributed by atoms with van der Waals surface area (Å²) in [7, 11) is 0. The van der Waals surface area contributed by atoms with Crippen LogP contribution in [0, 0.1) is 0 Å². The van der Waals surface area contributed by atoms with Crippen LogP contribution in [0.1, 0.15) is 0 Å². The van der Waals surface area contributed by atoms with Crippen molar-refractivity contribution in [2.24, 2.45) is 0 Å². The Hall–Kier alpha value is -7.95. The molecular weight excluding hydrogens is 719 g/mol. The van der Waals surface area contributed by atoms with Crippen LogP contribution in [0.5, 0.6) is 0 Å². The fourth-order valence-corrected chi connectivity index (χ4v) is 9.04. The van der Waals surface area contributed by atoms with Crippen LogP contribution < -0.4 is 0 Å². The molecule has 10 aromatic carbocycles. The minimum atomic E-state index is 0.555. The Morgan fingerprint density at radius 2 is 0.712 bits per heavy atom. The third-order valence-corrected chi connectivity index (χ3v) is 11.7. The zero-order chi connectivity index (χ0) is 38.9. The number of fused-ring (bicyclic) bond motifs is 7. The summed E-state index contributed by atoms with van der Waals surface area (Å²) in [5.41, 5.74) is 8.98. The first kappa shape index (κ1) is 33.2. The van der Waals surface area contributed by atoms with E-state index in [9.17, 15) is 0 Å². The molecule has 0 amide bonds. The van der Waals surface area contributed by atoms with E-state index in [1.54, 1.807) is 0 Å². The topological polar surface area (TPSA) is 51.8 Å². The number of hydrogen-bond acceptors (Lipinski definition) is 4. The molecule has 274 valence electrons. The molecule has 0 bridgehead atoms. The molecule has 0 radical (unpaired) electrons. The van der Waals surface area contributed by atoms with Gasteiger partial charge in [-0.2, -0.15) is 0 Å². The van der Waals surface area contributed by atoms with Crippen LogP contribution in [-0.2, 0) is 0 Å². The van der Waals surface area contributed by atoms with Crippen molar-refractivity contribution in [1.29, 1.82) is 0 Å². The Morgan fingerprint density at radius 3 is 1.39 bits per heavy atom. The molecule has 0 saturated carbocycles. The summed E-state index contributed by atoms with van der Waals surface area (Å²) in [5, 5.41) is 11.4. The summed E-state index contributed by atoms with van der Waals surface area (Å²) >= 11 is 0. The van der Waals surface area contributed by atoms with Crippen LogP contribution in [0.4, 0.5) is 0 Å². The summed E-state index contributed by atoms with van der Waals surface area (Å²) < 4.78 is 6.57. The second-order valence-corrected chi connectivity index (χ2v) is 15.1. The first-order valence-corrected chi connectivity index (χ1v) is 19.9. The number of rotatable bonds is 5. The number of benzene rings is 10. The smallest absolute Gasteiger partial charge is 0.167 e. The summed E-state index contributed by atoms with van der Waals surface area (Å²) in [4.78, 5) is 16.0. The second-order valence-electron chi connectivity index (χ2n) is 15.1. The molecule has 4 heteroatoms. The van der Waals surface area contributed by atoms with Gasteiger partial charge in [0.05, 0.1) is 5.56 Å². The lowest BCUT2D eigenvalue weighted by molar-refractivity contribution is 0.669. The van der Waals surface area contributed by atoms with Crippen molar-refractivity contribution >= 4 is 65.0 Å². The standard InChI is InChI=1S/C55H33N3O/c1-3-18-38-34(14-1)16-11-25-39(38)36-30-32-37(33-31-36)53-56-54(48-28-13-27-47-41-20-9-10-29-49(41)59-52(47)48)58-55(57-53)51-45-23-7-5-21-43(45)50(44-22-6-8-24-46(44)51)42-26-12-17-35-15-2-4-19-40(35)42/h1-33H. The normalized spacial score (nSPS) is 11.7. The number of aromatic nitrogens is 3. The van der Waals surface area contributed by atoms with Gasteiger partial charge in [0.15, 0.2) is 17.5 Å². The molecule has 0 aliphatic heterocycles. The molecule has 0 fully saturated rings. The monoisotopic (exact) mass is 751 g/mol. The Kier molecular flexibility index (Phi) is 7.50. The van der Waals surface area contributed by atoms with E-state index >= 15 is 0 Å². The zero-order valence-corrected chi connectivity index (χ0v) is 31.8. The van der Waals surface area contributed by atoms with E-state index in [1.165, 1.54) is 38.2 Å². The summed E-state index contributed by atoms with van der Waals surface area (Å²) in [6.45, 7) is 0. The van der Waals surface area contributed by atoms with Gasteiger partial charge in [-0.1, -0.05) is 188 Å². The number of hydrogen-bond donors (Lipinski definition) is 0. The molecule has 0 spiro atoms. The average molecular weight is 752 g/mol. The Labute approximate surface area is 339 Å². The highest BCUT2D eigenvalue weighted by atomic mass is 16.3. The van der Waals surface area contributed by atoms with Crippen LogP contribution in [0.25, 0.3) is 121 Å². The van der Waals surface area contributed by atoms with Gasteiger partial charge in [-0.05, 0) is 77.5 Å². The highest BCUT2D eigenvalue weighted by Gasteiger charge is 2.23. The minimum absolute atomic E-state index is 0.555. The highest BCUT2D eigenvalue weighted by Crippen LogP contribution is 2.45. The quantitative estimate of drug-likeness (QED) is 0.164. The van der Waals surface area contributed by atoms with Crippen molar-refractivity contribution in [3.63, 3.8) is 0 Å². The van der Waals surface area contributed by atoms with Crippen molar-refractivity contribution in [1.82, 2.24) is 15.0 Å². The number of nitrogens with zero attached hydrogens (tertiary/aromatic N) is 3. The summed E-state index contributed by atoms with van der Waals surface area (Å²) in [6, 6.07) is 70.5. The molecule has 0 saturated heterocycles. The number of para-hydroxylation sites is 2. The fraction of sp³-hybridized carbons (Fsp3) is 0. The van der Waals surface area contributed by atoms with E-state index in [1.807, 2.05) is 18.2 Å². The molecule has 0 N–H and O–H groups in total. The van der Waals surface area contributed by atoms with Gasteiger partial charge in [0.2, 0.25) is 0 Å². The molecular formula is C55H33N3O. The van der Waals surface area contributed by atoms with E-state index < -0.39 is 0 Å². The predicted molar refractivity (Wildman–Crippen MR) is 244 cm³/mol. The molecule has 0 aliphatic rings. The van der Waals surface area contributed by atoms with Gasteiger partial charge in [-0.15, -0.1) is 0 Å². The molecule has 59 heavy (non-hydrogen) atoms. The largest absolute Gasteiger partial charge is 0.455 e. The SMILES string of the molecule is c1ccc2c(-c3ccc(-c4nc(-c5c6ccccc6c(-c6cccc7ccccc67)c6ccccc56)nc(-c5cccc6c5oc5ccccc56)n4)cc3)cccc2c1. The van der Waals surface area contributed by atoms with Crippen molar-refractivity contribution < 1.29 is 4.42 Å². The second kappa shape index (κ2) is 13.3. The lowest BCUT2D eigenvalue weighted by Crippen LogP contribution is -2.02. The third kappa shape index (κ3) is 5.34. The Morgan fingerprint density at radius 1 is 0.271 bits per heavy atom. The van der Waals surface area contributed by atoms with E-state index in [0.29, 0.717) is 17.5 Å². The summed E-state index contributed by atoms with van der Waals surface area (Å²) in [5.74, 6) is 1.75. The van der Waals surface area contributed by atoms with Gasteiger partial charge >= 0.3 is 0 Å². The van der Waals surface area contributed by atoms with Crippen LogP contribution in [0.3, 0.4) is 0 Å². The first-order chi connectivity index (χ1) is 29.3. The van der Waals surface area contributed by atoms with E-state index in [0.717, 1.165) is 65.7 Å². The third-order valence-electron chi connectivity index (χ3n) is 11.7. The summed E-state index contributed by atoms with van der Waals surface area (Å²) in [6.07, 6.45) is 0. The van der Waals surface area contributed by atoms with E-state index in [-0.39, 0.29) is 0 Å².